The zero-order chi connectivity index (χ0) is 11.3. The number of imidazole rings is 1. The van der Waals surface area contributed by atoms with Crippen LogP contribution in [0.1, 0.15) is 0 Å². The second kappa shape index (κ2) is 3.15. The number of H-pyrrole nitrogens is 1. The third-order valence-corrected chi connectivity index (χ3v) is 2.86. The SMILES string of the molecule is O=c1[nH]c2c(F)cc(Br)cc2n2cncc12. The van der Waals surface area contributed by atoms with Gasteiger partial charge in [0.05, 0.1) is 18.0 Å². The van der Waals surface area contributed by atoms with E-state index in [1.807, 2.05) is 0 Å². The van der Waals surface area contributed by atoms with Crippen molar-refractivity contribution in [2.75, 3.05) is 0 Å². The Balaban J connectivity index is 2.69. The zero-order valence-corrected chi connectivity index (χ0v) is 9.45. The van der Waals surface area contributed by atoms with E-state index in [9.17, 15) is 9.18 Å². The zero-order valence-electron chi connectivity index (χ0n) is 7.87. The molecule has 16 heavy (non-hydrogen) atoms. The molecule has 1 N–H and O–H groups in total. The lowest BCUT2D eigenvalue weighted by atomic mass is 10.3. The van der Waals surface area contributed by atoms with Crippen molar-refractivity contribution in [3.63, 3.8) is 0 Å². The van der Waals surface area contributed by atoms with Crippen LogP contribution in [0.3, 0.4) is 0 Å². The average Bonchev–Trinajstić information content (AvgIpc) is 2.69. The number of benzene rings is 1. The van der Waals surface area contributed by atoms with E-state index in [-0.39, 0.29) is 11.1 Å². The lowest BCUT2D eigenvalue weighted by molar-refractivity contribution is 0.635. The maximum atomic E-state index is 13.6. The molecule has 0 amide bonds. The summed E-state index contributed by atoms with van der Waals surface area (Å²) in [5.74, 6) is -0.475. The smallest absolute Gasteiger partial charge is 0.274 e. The Kier molecular flexibility index (Phi) is 1.88. The van der Waals surface area contributed by atoms with Crippen LogP contribution in [0.5, 0.6) is 0 Å². The normalized spacial score (nSPS) is 11.4. The first-order valence-corrected chi connectivity index (χ1v) is 5.29. The highest BCUT2D eigenvalue weighted by atomic mass is 79.9. The number of fused-ring (bicyclic) bond motifs is 3. The van der Waals surface area contributed by atoms with Gasteiger partial charge in [-0.3, -0.25) is 9.20 Å². The Morgan fingerprint density at radius 3 is 3.00 bits per heavy atom. The second-order valence-corrected chi connectivity index (χ2v) is 4.30. The van der Waals surface area contributed by atoms with Crippen LogP contribution in [0.4, 0.5) is 4.39 Å². The van der Waals surface area contributed by atoms with Crippen LogP contribution >= 0.6 is 15.9 Å². The van der Waals surface area contributed by atoms with Gasteiger partial charge in [-0.1, -0.05) is 15.9 Å². The van der Waals surface area contributed by atoms with Crippen LogP contribution in [0.15, 0.2) is 33.9 Å². The molecule has 0 saturated heterocycles. The van der Waals surface area contributed by atoms with Crippen molar-refractivity contribution in [2.45, 2.75) is 0 Å². The molecule has 0 aliphatic carbocycles. The van der Waals surface area contributed by atoms with Gasteiger partial charge in [-0.05, 0) is 12.1 Å². The summed E-state index contributed by atoms with van der Waals surface area (Å²) in [6.45, 7) is 0. The lowest BCUT2D eigenvalue weighted by Gasteiger charge is -2.03. The van der Waals surface area contributed by atoms with Crippen molar-refractivity contribution in [2.24, 2.45) is 0 Å². The number of nitrogens with zero attached hydrogens (tertiary/aromatic N) is 2. The lowest BCUT2D eigenvalue weighted by Crippen LogP contribution is -2.10. The molecule has 1 aromatic carbocycles. The van der Waals surface area contributed by atoms with Gasteiger partial charge in [0.25, 0.3) is 5.56 Å². The Morgan fingerprint density at radius 1 is 1.38 bits per heavy atom. The summed E-state index contributed by atoms with van der Waals surface area (Å²) in [6, 6.07) is 3.03. The Hall–Kier alpha value is -1.69. The molecule has 2 heterocycles. The monoisotopic (exact) mass is 281 g/mol. The summed E-state index contributed by atoms with van der Waals surface area (Å²) in [7, 11) is 0. The van der Waals surface area contributed by atoms with E-state index >= 15 is 0 Å². The van der Waals surface area contributed by atoms with Gasteiger partial charge < -0.3 is 4.98 Å². The van der Waals surface area contributed by atoms with Crippen LogP contribution in [0.2, 0.25) is 0 Å². The Morgan fingerprint density at radius 2 is 2.19 bits per heavy atom. The number of aromatic nitrogens is 3. The topological polar surface area (TPSA) is 50.2 Å². The van der Waals surface area contributed by atoms with E-state index in [1.165, 1.54) is 18.6 Å². The fraction of sp³-hybridized carbons (Fsp3) is 0. The van der Waals surface area contributed by atoms with E-state index < -0.39 is 5.82 Å². The van der Waals surface area contributed by atoms with Gasteiger partial charge >= 0.3 is 0 Å². The van der Waals surface area contributed by atoms with E-state index in [4.69, 9.17) is 0 Å². The van der Waals surface area contributed by atoms with Gasteiger partial charge in [0.2, 0.25) is 0 Å². The molecule has 0 fully saturated rings. The highest BCUT2D eigenvalue weighted by Crippen LogP contribution is 2.21. The van der Waals surface area contributed by atoms with Gasteiger partial charge in [-0.2, -0.15) is 0 Å². The molecule has 2 aromatic heterocycles. The van der Waals surface area contributed by atoms with Gasteiger partial charge in [0.15, 0.2) is 0 Å². The van der Waals surface area contributed by atoms with Crippen molar-refractivity contribution in [3.05, 3.63) is 45.3 Å². The van der Waals surface area contributed by atoms with E-state index in [0.29, 0.717) is 15.5 Å². The van der Waals surface area contributed by atoms with Gasteiger partial charge in [0.1, 0.15) is 16.9 Å². The fourth-order valence-corrected chi connectivity index (χ4v) is 2.12. The number of nitrogens with one attached hydrogen (secondary N) is 1. The largest absolute Gasteiger partial charge is 0.316 e. The number of halogens is 2. The van der Waals surface area contributed by atoms with Crippen LogP contribution in [-0.4, -0.2) is 14.4 Å². The molecular weight excluding hydrogens is 277 g/mol. The third-order valence-electron chi connectivity index (χ3n) is 2.40. The standard InChI is InChI=1S/C10H5BrFN3O/c11-5-1-6(12)9-7(2-5)15-4-13-3-8(15)10(16)14-9/h1-4H,(H,14,16). The van der Waals surface area contributed by atoms with Crippen LogP contribution < -0.4 is 5.56 Å². The third kappa shape index (κ3) is 1.19. The average molecular weight is 282 g/mol. The number of aromatic amines is 1. The molecule has 3 rings (SSSR count). The van der Waals surface area contributed by atoms with Crippen LogP contribution in [-0.2, 0) is 0 Å². The van der Waals surface area contributed by atoms with Crippen LogP contribution in [0.25, 0.3) is 16.6 Å². The van der Waals surface area contributed by atoms with Gasteiger partial charge in [-0.25, -0.2) is 9.37 Å². The fourth-order valence-electron chi connectivity index (χ4n) is 1.71. The highest BCUT2D eigenvalue weighted by molar-refractivity contribution is 9.10. The first kappa shape index (κ1) is 9.53. The molecule has 0 radical (unpaired) electrons. The van der Waals surface area contributed by atoms with Crippen molar-refractivity contribution in [3.8, 4) is 0 Å². The predicted octanol–water partition coefficient (Wildman–Crippen LogP) is 2.08. The second-order valence-electron chi connectivity index (χ2n) is 3.38. The molecule has 0 unspecified atom stereocenters. The van der Waals surface area contributed by atoms with Crippen LogP contribution in [0, 0.1) is 5.82 Å². The minimum absolute atomic E-state index is 0.179. The summed E-state index contributed by atoms with van der Waals surface area (Å²) >= 11 is 3.21. The molecule has 0 bridgehead atoms. The summed E-state index contributed by atoms with van der Waals surface area (Å²) < 4.78 is 15.8. The van der Waals surface area contributed by atoms with Gasteiger partial charge in [0, 0.05) is 4.47 Å². The first-order valence-electron chi connectivity index (χ1n) is 4.50. The summed E-state index contributed by atoms with van der Waals surface area (Å²) in [6.07, 6.45) is 2.93. The molecule has 0 aliphatic rings. The first-order chi connectivity index (χ1) is 7.66. The van der Waals surface area contributed by atoms with E-state index in [2.05, 4.69) is 25.9 Å². The number of hydrogen-bond donors (Lipinski definition) is 1. The summed E-state index contributed by atoms with van der Waals surface area (Å²) in [4.78, 5) is 18.0. The van der Waals surface area contributed by atoms with E-state index in [1.54, 1.807) is 10.5 Å². The number of hydrogen-bond acceptors (Lipinski definition) is 2. The molecule has 0 spiro atoms. The quantitative estimate of drug-likeness (QED) is 0.686. The maximum Gasteiger partial charge on any atom is 0.274 e. The highest BCUT2D eigenvalue weighted by Gasteiger charge is 2.09. The molecular formula is C10H5BrFN3O. The van der Waals surface area contributed by atoms with Crippen molar-refractivity contribution in [1.29, 1.82) is 0 Å². The Labute approximate surface area is 96.9 Å². The number of rotatable bonds is 0. The molecule has 0 atom stereocenters. The van der Waals surface area contributed by atoms with Crippen molar-refractivity contribution < 1.29 is 4.39 Å². The molecule has 0 aliphatic heterocycles. The van der Waals surface area contributed by atoms with Gasteiger partial charge in [-0.15, -0.1) is 0 Å². The van der Waals surface area contributed by atoms with Crippen molar-refractivity contribution in [1.82, 2.24) is 14.4 Å². The van der Waals surface area contributed by atoms with E-state index in [0.717, 1.165) is 0 Å². The maximum absolute atomic E-state index is 13.6. The van der Waals surface area contributed by atoms with Crippen molar-refractivity contribution >= 4 is 32.5 Å². The predicted molar refractivity (Wildman–Crippen MR) is 61.0 cm³/mol. The molecule has 0 saturated carbocycles. The molecule has 6 heteroatoms. The molecule has 4 nitrogen and oxygen atoms in total. The summed E-state index contributed by atoms with van der Waals surface area (Å²) in [5, 5.41) is 0. The molecule has 3 aromatic rings. The minimum Gasteiger partial charge on any atom is -0.316 e. The summed E-state index contributed by atoms with van der Waals surface area (Å²) in [5.41, 5.74) is 0.786. The minimum atomic E-state index is -0.475. The Bertz CT molecular complexity index is 762. The molecule has 80 valence electrons.